The number of benzene rings is 2. The second kappa shape index (κ2) is 10.9. The lowest BCUT2D eigenvalue weighted by molar-refractivity contribution is -0.116. The monoisotopic (exact) mass is 369 g/mol. The molecule has 0 saturated carbocycles. The Hall–Kier alpha value is -2.95. The molecule has 27 heavy (non-hydrogen) atoms. The molecule has 0 spiro atoms. The second-order valence-corrected chi connectivity index (χ2v) is 5.82. The van der Waals surface area contributed by atoms with Crippen molar-refractivity contribution in [3.8, 4) is 17.2 Å². The summed E-state index contributed by atoms with van der Waals surface area (Å²) in [5.74, 6) is 2.14. The lowest BCUT2D eigenvalue weighted by atomic mass is 10.1. The Balaban J connectivity index is 1.89. The minimum absolute atomic E-state index is 0.0402. The molecule has 2 aromatic rings. The fourth-order valence-electron chi connectivity index (χ4n) is 2.52. The zero-order valence-corrected chi connectivity index (χ0v) is 16.0. The third-order valence-corrected chi connectivity index (χ3v) is 3.75. The SMILES string of the molecule is C=CCOc1ccc(NC(=O)CCc2ccc(OCC)c(OCC)c2)cc1. The summed E-state index contributed by atoms with van der Waals surface area (Å²) in [6.07, 6.45) is 2.70. The van der Waals surface area contributed by atoms with Crippen LogP contribution in [0, 0.1) is 0 Å². The van der Waals surface area contributed by atoms with Gasteiger partial charge < -0.3 is 19.5 Å². The molecule has 5 heteroatoms. The molecule has 1 amide bonds. The number of aryl methyl sites for hydroxylation is 1. The molecule has 1 N–H and O–H groups in total. The van der Waals surface area contributed by atoms with Crippen LogP contribution in [0.25, 0.3) is 0 Å². The lowest BCUT2D eigenvalue weighted by Gasteiger charge is -2.12. The van der Waals surface area contributed by atoms with Crippen LogP contribution in [0.2, 0.25) is 0 Å². The molecule has 5 nitrogen and oxygen atoms in total. The first-order chi connectivity index (χ1) is 13.2. The second-order valence-electron chi connectivity index (χ2n) is 5.82. The maximum absolute atomic E-state index is 12.2. The molecule has 0 atom stereocenters. The van der Waals surface area contributed by atoms with Gasteiger partial charge in [0, 0.05) is 12.1 Å². The highest BCUT2D eigenvalue weighted by Crippen LogP contribution is 2.29. The highest BCUT2D eigenvalue weighted by atomic mass is 16.5. The third-order valence-electron chi connectivity index (χ3n) is 3.75. The number of nitrogens with one attached hydrogen (secondary N) is 1. The van der Waals surface area contributed by atoms with E-state index in [0.717, 1.165) is 22.7 Å². The normalized spacial score (nSPS) is 10.1. The third kappa shape index (κ3) is 6.70. The number of anilines is 1. The number of rotatable bonds is 11. The summed E-state index contributed by atoms with van der Waals surface area (Å²) in [6.45, 7) is 9.09. The number of amides is 1. The number of hydrogen-bond donors (Lipinski definition) is 1. The molecule has 0 saturated heterocycles. The molecule has 144 valence electrons. The van der Waals surface area contributed by atoms with Gasteiger partial charge in [-0.3, -0.25) is 4.79 Å². The zero-order chi connectivity index (χ0) is 19.5. The minimum Gasteiger partial charge on any atom is -0.490 e. The van der Waals surface area contributed by atoms with Crippen molar-refractivity contribution in [2.45, 2.75) is 26.7 Å². The van der Waals surface area contributed by atoms with Crippen molar-refractivity contribution >= 4 is 11.6 Å². The molecule has 0 fully saturated rings. The van der Waals surface area contributed by atoms with Crippen LogP contribution in [-0.2, 0) is 11.2 Å². The van der Waals surface area contributed by atoms with Crippen LogP contribution in [0.4, 0.5) is 5.69 Å². The number of hydrogen-bond acceptors (Lipinski definition) is 4. The van der Waals surface area contributed by atoms with E-state index in [1.165, 1.54) is 0 Å². The van der Waals surface area contributed by atoms with Crippen molar-refractivity contribution in [2.75, 3.05) is 25.1 Å². The molecule has 0 unspecified atom stereocenters. The fraction of sp³-hybridized carbons (Fsp3) is 0.318. The summed E-state index contributed by atoms with van der Waals surface area (Å²) in [5.41, 5.74) is 1.78. The van der Waals surface area contributed by atoms with Crippen LogP contribution in [-0.4, -0.2) is 25.7 Å². The van der Waals surface area contributed by atoms with E-state index in [0.29, 0.717) is 38.4 Å². The van der Waals surface area contributed by atoms with E-state index in [-0.39, 0.29) is 5.91 Å². The number of carbonyl (C=O) groups excluding carboxylic acids is 1. The number of ether oxygens (including phenoxy) is 3. The van der Waals surface area contributed by atoms with Gasteiger partial charge in [0.15, 0.2) is 11.5 Å². The van der Waals surface area contributed by atoms with E-state index in [4.69, 9.17) is 14.2 Å². The zero-order valence-electron chi connectivity index (χ0n) is 16.0. The maximum Gasteiger partial charge on any atom is 0.224 e. The van der Waals surface area contributed by atoms with Gasteiger partial charge in [-0.05, 0) is 62.2 Å². The van der Waals surface area contributed by atoms with Crippen LogP contribution in [0.5, 0.6) is 17.2 Å². The lowest BCUT2D eigenvalue weighted by Crippen LogP contribution is -2.12. The van der Waals surface area contributed by atoms with Crippen molar-refractivity contribution < 1.29 is 19.0 Å². The Labute approximate surface area is 161 Å². The van der Waals surface area contributed by atoms with Crippen LogP contribution in [0.1, 0.15) is 25.8 Å². The van der Waals surface area contributed by atoms with Crippen molar-refractivity contribution in [3.05, 3.63) is 60.7 Å². The van der Waals surface area contributed by atoms with E-state index >= 15 is 0 Å². The standard InChI is InChI=1S/C22H27NO4/c1-4-15-27-19-11-9-18(10-12-19)23-22(24)14-8-17-7-13-20(25-5-2)21(16-17)26-6-3/h4,7,9-13,16H,1,5-6,8,14-15H2,2-3H3,(H,23,24). The molecule has 0 heterocycles. The van der Waals surface area contributed by atoms with Crippen LogP contribution in [0.15, 0.2) is 55.1 Å². The molecular weight excluding hydrogens is 342 g/mol. The van der Waals surface area contributed by atoms with Gasteiger partial charge in [-0.15, -0.1) is 0 Å². The average molecular weight is 369 g/mol. The van der Waals surface area contributed by atoms with E-state index in [2.05, 4.69) is 11.9 Å². The fourth-order valence-corrected chi connectivity index (χ4v) is 2.52. The van der Waals surface area contributed by atoms with Gasteiger partial charge in [-0.25, -0.2) is 0 Å². The Kier molecular flexibility index (Phi) is 8.23. The molecule has 2 rings (SSSR count). The Bertz CT molecular complexity index is 740. The van der Waals surface area contributed by atoms with Gasteiger partial charge in [0.1, 0.15) is 12.4 Å². The van der Waals surface area contributed by atoms with Gasteiger partial charge in [0.25, 0.3) is 0 Å². The summed E-state index contributed by atoms with van der Waals surface area (Å²) < 4.78 is 16.6. The Morgan fingerprint density at radius 2 is 1.70 bits per heavy atom. The largest absolute Gasteiger partial charge is 0.490 e. The van der Waals surface area contributed by atoms with E-state index in [1.807, 2.05) is 56.3 Å². The first kappa shape index (κ1) is 20.4. The highest BCUT2D eigenvalue weighted by Gasteiger charge is 2.08. The Morgan fingerprint density at radius 1 is 1.00 bits per heavy atom. The summed E-state index contributed by atoms with van der Waals surface area (Å²) >= 11 is 0. The van der Waals surface area contributed by atoms with Crippen molar-refractivity contribution in [3.63, 3.8) is 0 Å². The van der Waals surface area contributed by atoms with Gasteiger partial charge in [0.2, 0.25) is 5.91 Å². The molecule has 0 aliphatic rings. The summed E-state index contributed by atoms with van der Waals surface area (Å²) in [4.78, 5) is 12.2. The Morgan fingerprint density at radius 3 is 2.37 bits per heavy atom. The van der Waals surface area contributed by atoms with Crippen LogP contribution >= 0.6 is 0 Å². The topological polar surface area (TPSA) is 56.8 Å². The molecule has 0 aliphatic heterocycles. The molecule has 0 bridgehead atoms. The maximum atomic E-state index is 12.2. The van der Waals surface area contributed by atoms with E-state index in [9.17, 15) is 4.79 Å². The first-order valence-electron chi connectivity index (χ1n) is 9.18. The van der Waals surface area contributed by atoms with Gasteiger partial charge in [-0.2, -0.15) is 0 Å². The molecular formula is C22H27NO4. The summed E-state index contributed by atoms with van der Waals surface area (Å²) in [7, 11) is 0. The van der Waals surface area contributed by atoms with Crippen molar-refractivity contribution in [2.24, 2.45) is 0 Å². The highest BCUT2D eigenvalue weighted by molar-refractivity contribution is 5.90. The van der Waals surface area contributed by atoms with Gasteiger partial charge in [0.05, 0.1) is 13.2 Å². The molecule has 2 aromatic carbocycles. The van der Waals surface area contributed by atoms with E-state index in [1.54, 1.807) is 6.08 Å². The molecule has 0 aliphatic carbocycles. The molecule has 0 radical (unpaired) electrons. The van der Waals surface area contributed by atoms with Gasteiger partial charge >= 0.3 is 0 Å². The smallest absolute Gasteiger partial charge is 0.224 e. The van der Waals surface area contributed by atoms with Crippen LogP contribution in [0.3, 0.4) is 0 Å². The number of carbonyl (C=O) groups is 1. The van der Waals surface area contributed by atoms with Crippen LogP contribution < -0.4 is 19.5 Å². The van der Waals surface area contributed by atoms with Gasteiger partial charge in [-0.1, -0.05) is 18.7 Å². The van der Waals surface area contributed by atoms with Crippen molar-refractivity contribution in [1.29, 1.82) is 0 Å². The quantitative estimate of drug-likeness (QED) is 0.587. The average Bonchev–Trinajstić information content (AvgIpc) is 2.68. The van der Waals surface area contributed by atoms with E-state index < -0.39 is 0 Å². The predicted octanol–water partition coefficient (Wildman–Crippen LogP) is 4.62. The molecule has 0 aromatic heterocycles. The summed E-state index contributed by atoms with van der Waals surface area (Å²) in [5, 5.41) is 2.90. The van der Waals surface area contributed by atoms with Crippen molar-refractivity contribution in [1.82, 2.24) is 0 Å². The minimum atomic E-state index is -0.0402. The predicted molar refractivity (Wildman–Crippen MR) is 108 cm³/mol. The first-order valence-corrected chi connectivity index (χ1v) is 9.18. The summed E-state index contributed by atoms with van der Waals surface area (Å²) in [6, 6.07) is 13.1.